The molecular weight excluding hydrogens is 248 g/mol. The van der Waals surface area contributed by atoms with Gasteiger partial charge in [0.1, 0.15) is 5.75 Å². The van der Waals surface area contributed by atoms with Gasteiger partial charge in [0, 0.05) is 5.41 Å². The Labute approximate surface area is 121 Å². The lowest BCUT2D eigenvalue weighted by Crippen LogP contribution is -2.48. The summed E-state index contributed by atoms with van der Waals surface area (Å²) in [6, 6.07) is 6.59. The Kier molecular flexibility index (Phi) is 2.28. The molecule has 0 radical (unpaired) electrons. The molecule has 3 aliphatic carbocycles. The van der Waals surface area contributed by atoms with E-state index in [1.165, 1.54) is 24.0 Å². The summed E-state index contributed by atoms with van der Waals surface area (Å²) >= 11 is 0. The van der Waals surface area contributed by atoms with Gasteiger partial charge >= 0.3 is 0 Å². The van der Waals surface area contributed by atoms with Crippen LogP contribution in [-0.4, -0.2) is 18.3 Å². The second-order valence-electron chi connectivity index (χ2n) is 7.59. The van der Waals surface area contributed by atoms with E-state index in [1.54, 1.807) is 7.11 Å². The van der Waals surface area contributed by atoms with E-state index in [1.807, 2.05) is 0 Å². The zero-order chi connectivity index (χ0) is 14.2. The van der Waals surface area contributed by atoms with Gasteiger partial charge in [-0.15, -0.1) is 0 Å². The molecule has 2 saturated carbocycles. The molecule has 0 bridgehead atoms. The number of aliphatic hydroxyl groups excluding tert-OH is 1. The average Bonchev–Trinajstić information content (AvgIpc) is 3.09. The molecular formula is C18H24O2. The largest absolute Gasteiger partial charge is 0.497 e. The van der Waals surface area contributed by atoms with Crippen molar-refractivity contribution in [3.05, 3.63) is 29.3 Å². The quantitative estimate of drug-likeness (QED) is 0.848. The maximum atomic E-state index is 10.5. The molecule has 1 aromatic carbocycles. The standard InChI is InChI=1S/C18H24O2/c1-16-8-7-15(19)17(2)11-18(16,17)9-6-12-4-5-13(20-3)10-14(12)16/h4-5,10,15,19H,6-9,11H2,1-3H3/t15-,16+,17?,18-/m0/s1. The van der Waals surface area contributed by atoms with Crippen LogP contribution >= 0.6 is 0 Å². The summed E-state index contributed by atoms with van der Waals surface area (Å²) in [5, 5.41) is 10.5. The third-order valence-electron chi connectivity index (χ3n) is 7.08. The zero-order valence-electron chi connectivity index (χ0n) is 12.7. The minimum absolute atomic E-state index is 0.109. The van der Waals surface area contributed by atoms with Crippen molar-refractivity contribution in [2.75, 3.05) is 7.11 Å². The SMILES string of the molecule is COc1ccc2c(c1)[C@@]1(C)CC[C@H](O)C3(C)C[C@]31CC2. The van der Waals surface area contributed by atoms with Crippen LogP contribution in [0.3, 0.4) is 0 Å². The van der Waals surface area contributed by atoms with E-state index in [2.05, 4.69) is 32.0 Å². The van der Waals surface area contributed by atoms with Crippen LogP contribution in [0.5, 0.6) is 5.75 Å². The number of aliphatic hydroxyl groups is 1. The van der Waals surface area contributed by atoms with E-state index in [0.29, 0.717) is 5.41 Å². The second kappa shape index (κ2) is 3.59. The van der Waals surface area contributed by atoms with Crippen molar-refractivity contribution in [2.24, 2.45) is 10.8 Å². The summed E-state index contributed by atoms with van der Waals surface area (Å²) in [6.07, 6.45) is 5.50. The van der Waals surface area contributed by atoms with Crippen molar-refractivity contribution in [1.82, 2.24) is 0 Å². The van der Waals surface area contributed by atoms with Crippen LogP contribution in [0, 0.1) is 10.8 Å². The fraction of sp³-hybridized carbons (Fsp3) is 0.667. The van der Waals surface area contributed by atoms with E-state index in [9.17, 15) is 5.11 Å². The molecule has 0 amide bonds. The minimum Gasteiger partial charge on any atom is -0.497 e. The number of hydrogen-bond donors (Lipinski definition) is 1. The summed E-state index contributed by atoms with van der Waals surface area (Å²) < 4.78 is 5.45. The van der Waals surface area contributed by atoms with Crippen LogP contribution in [0.4, 0.5) is 0 Å². The summed E-state index contributed by atoms with van der Waals surface area (Å²) in [7, 11) is 1.74. The van der Waals surface area contributed by atoms with Crippen molar-refractivity contribution < 1.29 is 9.84 Å². The molecule has 1 aromatic rings. The third kappa shape index (κ3) is 1.21. The van der Waals surface area contributed by atoms with Gasteiger partial charge in [-0.2, -0.15) is 0 Å². The summed E-state index contributed by atoms with van der Waals surface area (Å²) in [5.41, 5.74) is 3.64. The van der Waals surface area contributed by atoms with Crippen LogP contribution < -0.4 is 4.74 Å². The highest BCUT2D eigenvalue weighted by Crippen LogP contribution is 2.80. The van der Waals surface area contributed by atoms with Crippen LogP contribution in [0.25, 0.3) is 0 Å². The lowest BCUT2D eigenvalue weighted by molar-refractivity contribution is -0.00740. The topological polar surface area (TPSA) is 29.5 Å². The summed E-state index contributed by atoms with van der Waals surface area (Å²) in [6.45, 7) is 4.74. The Morgan fingerprint density at radius 3 is 2.80 bits per heavy atom. The highest BCUT2D eigenvalue weighted by molar-refractivity contribution is 5.48. The molecule has 20 heavy (non-hydrogen) atoms. The predicted octanol–water partition coefficient (Wildman–Crippen LogP) is 3.45. The van der Waals surface area contributed by atoms with Crippen LogP contribution in [0.1, 0.15) is 50.7 Å². The number of rotatable bonds is 1. The number of ether oxygens (including phenoxy) is 1. The Bertz CT molecular complexity index is 581. The Morgan fingerprint density at radius 1 is 1.25 bits per heavy atom. The van der Waals surface area contributed by atoms with E-state index in [0.717, 1.165) is 25.0 Å². The second-order valence-corrected chi connectivity index (χ2v) is 7.59. The first-order chi connectivity index (χ1) is 9.47. The normalized spacial score (nSPS) is 45.1. The van der Waals surface area contributed by atoms with Gasteiger partial charge in [0.15, 0.2) is 0 Å². The molecule has 0 heterocycles. The number of hydrogen-bond acceptors (Lipinski definition) is 2. The van der Waals surface area contributed by atoms with Crippen molar-refractivity contribution in [2.45, 2.75) is 57.5 Å². The molecule has 0 aromatic heterocycles. The highest BCUT2D eigenvalue weighted by Gasteiger charge is 2.76. The first kappa shape index (κ1) is 12.7. The average molecular weight is 272 g/mol. The molecule has 1 spiro atoms. The third-order valence-corrected chi connectivity index (χ3v) is 7.08. The van der Waals surface area contributed by atoms with Gasteiger partial charge in [-0.3, -0.25) is 0 Å². The van der Waals surface area contributed by atoms with E-state index < -0.39 is 0 Å². The van der Waals surface area contributed by atoms with Gasteiger partial charge in [-0.25, -0.2) is 0 Å². The Hall–Kier alpha value is -1.02. The first-order valence-electron chi connectivity index (χ1n) is 7.82. The summed E-state index contributed by atoms with van der Waals surface area (Å²) in [5.74, 6) is 0.968. The van der Waals surface area contributed by atoms with Crippen molar-refractivity contribution in [1.29, 1.82) is 0 Å². The summed E-state index contributed by atoms with van der Waals surface area (Å²) in [4.78, 5) is 0. The Balaban J connectivity index is 1.88. The van der Waals surface area contributed by atoms with Crippen molar-refractivity contribution in [3.8, 4) is 5.75 Å². The minimum atomic E-state index is -0.109. The van der Waals surface area contributed by atoms with Gasteiger partial charge in [0.2, 0.25) is 0 Å². The number of benzene rings is 1. The van der Waals surface area contributed by atoms with Crippen molar-refractivity contribution in [3.63, 3.8) is 0 Å². The molecule has 2 heteroatoms. The van der Waals surface area contributed by atoms with Gasteiger partial charge < -0.3 is 9.84 Å². The maximum Gasteiger partial charge on any atom is 0.119 e. The molecule has 2 fully saturated rings. The zero-order valence-corrected chi connectivity index (χ0v) is 12.7. The molecule has 4 atom stereocenters. The number of aryl methyl sites for hydroxylation is 1. The predicted molar refractivity (Wildman–Crippen MR) is 79.1 cm³/mol. The monoisotopic (exact) mass is 272 g/mol. The van der Waals surface area contributed by atoms with Gasteiger partial charge in [0.05, 0.1) is 13.2 Å². The molecule has 2 nitrogen and oxygen atoms in total. The fourth-order valence-electron chi connectivity index (χ4n) is 5.63. The molecule has 4 rings (SSSR count). The maximum absolute atomic E-state index is 10.5. The highest BCUT2D eigenvalue weighted by atomic mass is 16.5. The molecule has 3 aliphatic rings. The van der Waals surface area contributed by atoms with E-state index >= 15 is 0 Å². The van der Waals surface area contributed by atoms with Gasteiger partial charge in [0.25, 0.3) is 0 Å². The molecule has 0 saturated heterocycles. The van der Waals surface area contributed by atoms with Crippen LogP contribution in [0.15, 0.2) is 18.2 Å². The number of methoxy groups -OCH3 is 1. The van der Waals surface area contributed by atoms with Crippen LogP contribution in [0.2, 0.25) is 0 Å². The lowest BCUT2D eigenvalue weighted by Gasteiger charge is -2.51. The molecule has 0 aliphatic heterocycles. The van der Waals surface area contributed by atoms with Gasteiger partial charge in [-0.1, -0.05) is 19.9 Å². The van der Waals surface area contributed by atoms with E-state index in [4.69, 9.17) is 4.74 Å². The number of fused-ring (bicyclic) bond motifs is 2. The smallest absolute Gasteiger partial charge is 0.119 e. The van der Waals surface area contributed by atoms with E-state index in [-0.39, 0.29) is 16.9 Å². The molecule has 1 N–H and O–H groups in total. The van der Waals surface area contributed by atoms with Crippen LogP contribution in [-0.2, 0) is 11.8 Å². The lowest BCUT2D eigenvalue weighted by atomic mass is 9.54. The first-order valence-corrected chi connectivity index (χ1v) is 7.82. The molecule has 1 unspecified atom stereocenters. The molecule has 108 valence electrons. The fourth-order valence-corrected chi connectivity index (χ4v) is 5.63. The van der Waals surface area contributed by atoms with Gasteiger partial charge in [-0.05, 0) is 66.2 Å². The Morgan fingerprint density at radius 2 is 2.05 bits per heavy atom. The van der Waals surface area contributed by atoms with Crippen molar-refractivity contribution >= 4 is 0 Å².